The third-order valence-corrected chi connectivity index (χ3v) is 2.43. The van der Waals surface area contributed by atoms with Crippen LogP contribution in [0.4, 0.5) is 5.69 Å². The van der Waals surface area contributed by atoms with Gasteiger partial charge < -0.3 is 9.84 Å². The number of rotatable bonds is 4. The zero-order valence-corrected chi connectivity index (χ0v) is 10.3. The van der Waals surface area contributed by atoms with Gasteiger partial charge in [0.05, 0.1) is 11.1 Å². The highest BCUT2D eigenvalue weighted by molar-refractivity contribution is 5.95. The lowest BCUT2D eigenvalue weighted by Crippen LogP contribution is -2.06. The molecule has 21 heavy (non-hydrogen) atoms. The molecule has 1 N–H and O–H groups in total. The van der Waals surface area contributed by atoms with Crippen molar-refractivity contribution in [1.82, 2.24) is 10.2 Å². The number of aromatic carboxylic acids is 1. The Balaban J connectivity index is 2.55. The van der Waals surface area contributed by atoms with Gasteiger partial charge in [-0.1, -0.05) is 6.07 Å². The highest BCUT2D eigenvalue weighted by Gasteiger charge is 2.25. The monoisotopic (exact) mass is 286 g/mol. The van der Waals surface area contributed by atoms with Gasteiger partial charge >= 0.3 is 5.97 Å². The van der Waals surface area contributed by atoms with Crippen LogP contribution in [0.25, 0.3) is 0 Å². The fourth-order valence-electron chi connectivity index (χ4n) is 1.56. The van der Waals surface area contributed by atoms with Gasteiger partial charge in [0.25, 0.3) is 11.6 Å². The highest BCUT2D eigenvalue weighted by atomic mass is 16.6. The molecular weight excluding hydrogens is 280 g/mol. The van der Waals surface area contributed by atoms with Gasteiger partial charge in [0.2, 0.25) is 0 Å². The van der Waals surface area contributed by atoms with Crippen LogP contribution in [0.5, 0.6) is 11.6 Å². The molecule has 0 spiro atoms. The number of ether oxygens (including phenoxy) is 1. The Morgan fingerprint density at radius 2 is 2.19 bits per heavy atom. The van der Waals surface area contributed by atoms with Gasteiger partial charge in [-0.3, -0.25) is 10.1 Å². The molecule has 2 rings (SSSR count). The number of nitrogens with zero attached hydrogens (tertiary/aromatic N) is 4. The normalized spacial score (nSPS) is 9.67. The van der Waals surface area contributed by atoms with Crippen molar-refractivity contribution < 1.29 is 19.6 Å². The van der Waals surface area contributed by atoms with Crippen LogP contribution in [0.15, 0.2) is 30.5 Å². The van der Waals surface area contributed by atoms with E-state index in [4.69, 9.17) is 15.1 Å². The van der Waals surface area contributed by atoms with Gasteiger partial charge in [-0.25, -0.2) is 4.79 Å². The second kappa shape index (κ2) is 5.62. The molecule has 0 aliphatic rings. The summed E-state index contributed by atoms with van der Waals surface area (Å²) in [6.07, 6.45) is 1.26. The second-order valence-electron chi connectivity index (χ2n) is 3.68. The smallest absolute Gasteiger partial charge is 0.346 e. The number of aromatic nitrogens is 2. The number of carboxylic acids is 1. The Bertz CT molecular complexity index is 768. The van der Waals surface area contributed by atoms with Crippen LogP contribution in [0, 0.1) is 21.4 Å². The van der Waals surface area contributed by atoms with Crippen LogP contribution in [0.2, 0.25) is 0 Å². The third kappa shape index (κ3) is 2.74. The predicted molar refractivity (Wildman–Crippen MR) is 66.9 cm³/mol. The molecule has 0 aliphatic carbocycles. The lowest BCUT2D eigenvalue weighted by Gasteiger charge is -2.08. The number of nitro benzene ring substituents is 1. The number of hydrogen-bond acceptors (Lipinski definition) is 7. The summed E-state index contributed by atoms with van der Waals surface area (Å²) in [6.45, 7) is 0. The van der Waals surface area contributed by atoms with Crippen LogP contribution < -0.4 is 4.74 Å². The molecule has 0 fully saturated rings. The molecule has 1 aromatic carbocycles. The quantitative estimate of drug-likeness (QED) is 0.662. The summed E-state index contributed by atoms with van der Waals surface area (Å²) in [4.78, 5) is 21.2. The van der Waals surface area contributed by atoms with E-state index in [1.54, 1.807) is 6.07 Å². The molecule has 0 radical (unpaired) electrons. The summed E-state index contributed by atoms with van der Waals surface area (Å²) >= 11 is 0. The first-order valence-corrected chi connectivity index (χ1v) is 5.45. The van der Waals surface area contributed by atoms with Crippen molar-refractivity contribution in [3.63, 3.8) is 0 Å². The average Bonchev–Trinajstić information content (AvgIpc) is 2.47. The number of nitriles is 1. The van der Waals surface area contributed by atoms with Crippen molar-refractivity contribution >= 4 is 11.7 Å². The van der Waals surface area contributed by atoms with E-state index < -0.39 is 22.1 Å². The summed E-state index contributed by atoms with van der Waals surface area (Å²) in [5, 5.41) is 35.9. The predicted octanol–water partition coefficient (Wildman–Crippen LogP) is 1.75. The highest BCUT2D eigenvalue weighted by Crippen LogP contribution is 2.31. The summed E-state index contributed by atoms with van der Waals surface area (Å²) in [6, 6.07) is 6.65. The van der Waals surface area contributed by atoms with Crippen LogP contribution in [-0.4, -0.2) is 26.2 Å². The summed E-state index contributed by atoms with van der Waals surface area (Å²) in [5.74, 6) is -2.06. The van der Waals surface area contributed by atoms with Crippen molar-refractivity contribution in [3.05, 3.63) is 51.7 Å². The van der Waals surface area contributed by atoms with E-state index in [0.29, 0.717) is 0 Å². The van der Waals surface area contributed by atoms with E-state index in [1.165, 1.54) is 24.4 Å². The van der Waals surface area contributed by atoms with E-state index in [0.717, 1.165) is 6.07 Å². The van der Waals surface area contributed by atoms with Gasteiger partial charge in [0, 0.05) is 6.07 Å². The molecule has 1 aromatic heterocycles. The van der Waals surface area contributed by atoms with Crippen LogP contribution >= 0.6 is 0 Å². The molecule has 2 aromatic rings. The largest absolute Gasteiger partial charge is 0.477 e. The average molecular weight is 286 g/mol. The Morgan fingerprint density at radius 3 is 2.81 bits per heavy atom. The minimum Gasteiger partial charge on any atom is -0.477 e. The SMILES string of the molecule is N#Cc1ccnnc1Oc1cccc([N+](=O)[O-])c1C(=O)O. The number of hydrogen-bond donors (Lipinski definition) is 1. The van der Waals surface area contributed by atoms with E-state index >= 15 is 0 Å². The molecule has 0 saturated carbocycles. The molecule has 9 nitrogen and oxygen atoms in total. The zero-order valence-electron chi connectivity index (χ0n) is 10.3. The first kappa shape index (κ1) is 13.9. The Kier molecular flexibility index (Phi) is 3.71. The summed E-state index contributed by atoms with van der Waals surface area (Å²) in [7, 11) is 0. The minimum atomic E-state index is -1.53. The molecule has 0 saturated heterocycles. The van der Waals surface area contributed by atoms with E-state index in [-0.39, 0.29) is 17.2 Å². The van der Waals surface area contributed by atoms with Crippen LogP contribution in [0.3, 0.4) is 0 Å². The molecule has 104 valence electrons. The zero-order chi connectivity index (χ0) is 15.4. The Labute approximate surface area is 117 Å². The third-order valence-electron chi connectivity index (χ3n) is 2.43. The summed E-state index contributed by atoms with van der Waals surface area (Å²) in [5.41, 5.74) is -1.23. The fraction of sp³-hybridized carbons (Fsp3) is 0. The molecule has 0 bridgehead atoms. The van der Waals surface area contributed by atoms with Gasteiger partial charge in [-0.2, -0.15) is 10.4 Å². The van der Waals surface area contributed by atoms with Gasteiger partial charge in [-0.05, 0) is 12.1 Å². The standard InChI is InChI=1S/C12H6N4O5/c13-6-7-4-5-14-15-11(7)21-9-3-1-2-8(16(19)20)10(9)12(17)18/h1-5H,(H,17,18). The van der Waals surface area contributed by atoms with Crippen LogP contribution in [0.1, 0.15) is 15.9 Å². The van der Waals surface area contributed by atoms with Crippen LogP contribution in [-0.2, 0) is 0 Å². The maximum atomic E-state index is 11.2. The van der Waals surface area contributed by atoms with E-state index in [9.17, 15) is 14.9 Å². The molecule has 0 aliphatic heterocycles. The van der Waals surface area contributed by atoms with Crippen molar-refractivity contribution in [2.45, 2.75) is 0 Å². The van der Waals surface area contributed by atoms with Gasteiger partial charge in [-0.15, -0.1) is 5.10 Å². The van der Waals surface area contributed by atoms with Crippen molar-refractivity contribution in [3.8, 4) is 17.7 Å². The van der Waals surface area contributed by atoms with Crippen molar-refractivity contribution in [2.24, 2.45) is 0 Å². The van der Waals surface area contributed by atoms with Gasteiger partial charge in [0.1, 0.15) is 11.6 Å². The second-order valence-corrected chi connectivity index (χ2v) is 3.68. The van der Waals surface area contributed by atoms with Crippen molar-refractivity contribution in [2.75, 3.05) is 0 Å². The van der Waals surface area contributed by atoms with E-state index in [2.05, 4.69) is 10.2 Å². The molecular formula is C12H6N4O5. The molecule has 0 unspecified atom stereocenters. The first-order valence-electron chi connectivity index (χ1n) is 5.45. The fourth-order valence-corrected chi connectivity index (χ4v) is 1.56. The van der Waals surface area contributed by atoms with E-state index in [1.807, 2.05) is 0 Å². The minimum absolute atomic E-state index is 0.0212. The Morgan fingerprint density at radius 1 is 1.43 bits per heavy atom. The number of carbonyl (C=O) groups is 1. The molecule has 0 atom stereocenters. The van der Waals surface area contributed by atoms with Crippen molar-refractivity contribution in [1.29, 1.82) is 5.26 Å². The number of nitro groups is 1. The number of benzene rings is 1. The number of carboxylic acid groups (broad SMARTS) is 1. The Hall–Kier alpha value is -3.54. The first-order chi connectivity index (χ1) is 10.0. The lowest BCUT2D eigenvalue weighted by atomic mass is 10.1. The molecule has 1 heterocycles. The maximum absolute atomic E-state index is 11.2. The molecule has 0 amide bonds. The topological polar surface area (TPSA) is 139 Å². The van der Waals surface area contributed by atoms with Gasteiger partial charge in [0.15, 0.2) is 11.3 Å². The maximum Gasteiger partial charge on any atom is 0.346 e. The summed E-state index contributed by atoms with van der Waals surface area (Å²) < 4.78 is 5.20. The molecule has 9 heteroatoms. The lowest BCUT2D eigenvalue weighted by molar-refractivity contribution is -0.385.